The van der Waals surface area contributed by atoms with Crippen LogP contribution < -0.4 is 0 Å². The van der Waals surface area contributed by atoms with Crippen molar-refractivity contribution in [1.82, 2.24) is 0 Å². The molecule has 0 aromatic rings. The minimum atomic E-state index is -5.03. The van der Waals surface area contributed by atoms with Gasteiger partial charge in [0.15, 0.2) is 0 Å². The second kappa shape index (κ2) is 6.11. The summed E-state index contributed by atoms with van der Waals surface area (Å²) in [6.45, 7) is 0. The average molecular weight is 280 g/mol. The summed E-state index contributed by atoms with van der Waals surface area (Å²) in [5.41, 5.74) is 0. The Kier molecular flexibility index (Phi) is 12.4. The van der Waals surface area contributed by atoms with E-state index in [-0.39, 0.29) is 51.4 Å². The van der Waals surface area contributed by atoms with Crippen molar-refractivity contribution in [2.45, 2.75) is 0 Å². The second-order valence-corrected chi connectivity index (χ2v) is 1.43. The van der Waals surface area contributed by atoms with E-state index in [9.17, 15) is 9.47 Å². The fourth-order valence-electron chi connectivity index (χ4n) is 0. The predicted octanol–water partition coefficient (Wildman–Crippen LogP) is 0.877. The third kappa shape index (κ3) is 23.2. The molecule has 1 radical (unpaired) electrons. The van der Waals surface area contributed by atoms with Crippen LogP contribution in [0.4, 0.5) is 9.47 Å². The van der Waals surface area contributed by atoms with Crippen LogP contribution in [-0.2, 0) is 18.9 Å². The van der Waals surface area contributed by atoms with Gasteiger partial charge in [0.25, 0.3) is 0 Å². The molecule has 0 unspecified atom stereocenters. The van der Waals surface area contributed by atoms with Crippen molar-refractivity contribution in [3.05, 3.63) is 0 Å². The molecular formula is F3KW. The van der Waals surface area contributed by atoms with Gasteiger partial charge in [-0.05, 0) is 0 Å². The summed E-state index contributed by atoms with van der Waals surface area (Å²) in [5.74, 6) is 0. The fourth-order valence-corrected chi connectivity index (χ4v) is 0. The van der Waals surface area contributed by atoms with Gasteiger partial charge < -0.3 is 0 Å². The quantitative estimate of drug-likeness (QED) is 0.578. The molecule has 28 valence electrons. The Morgan fingerprint density at radius 2 is 1.00 bits per heavy atom. The Balaban J connectivity index is 0. The van der Waals surface area contributed by atoms with Crippen molar-refractivity contribution in [2.24, 2.45) is 0 Å². The Hall–Kier alpha value is 2.11. The third-order valence-corrected chi connectivity index (χ3v) is 0. The van der Waals surface area contributed by atoms with E-state index in [1.165, 1.54) is 0 Å². The van der Waals surface area contributed by atoms with E-state index in [0.29, 0.717) is 0 Å². The summed E-state index contributed by atoms with van der Waals surface area (Å²) in [7, 11) is 0. The van der Waals surface area contributed by atoms with E-state index in [2.05, 4.69) is 0 Å². The van der Waals surface area contributed by atoms with Crippen LogP contribution in [0.15, 0.2) is 0 Å². The molecule has 0 aromatic carbocycles. The molecule has 0 heterocycles. The molecule has 0 aliphatic rings. The molecule has 0 bridgehead atoms. The molecule has 0 fully saturated rings. The molecule has 0 aromatic heterocycles. The molecule has 0 nitrogen and oxygen atoms in total. The number of halogens is 3. The standard InChI is InChI=1S/3FH.K.W/h3*1H;;/q;;;;+3/p-3. The Morgan fingerprint density at radius 3 is 1.00 bits per heavy atom. The van der Waals surface area contributed by atoms with Crippen molar-refractivity contribution >= 4 is 51.4 Å². The third-order valence-electron chi connectivity index (χ3n) is 0. The van der Waals surface area contributed by atoms with Gasteiger partial charge in [0.2, 0.25) is 0 Å². The van der Waals surface area contributed by atoms with Gasteiger partial charge in [0.05, 0.1) is 0 Å². The van der Waals surface area contributed by atoms with Crippen molar-refractivity contribution in [3.8, 4) is 0 Å². The molecule has 5 heavy (non-hydrogen) atoms. The molecule has 5 heteroatoms. The van der Waals surface area contributed by atoms with Crippen molar-refractivity contribution in [3.63, 3.8) is 0 Å². The van der Waals surface area contributed by atoms with Crippen LogP contribution in [-0.4, -0.2) is 51.4 Å². The maximum Gasteiger partial charge on any atom is 0 e. The minimum absolute atomic E-state index is 0. The molecular weight excluding hydrogens is 280 g/mol. The Bertz CT molecular complexity index is 11.6. The average Bonchev–Trinajstić information content (AvgIpc) is 0.811. The first-order valence-electron chi connectivity index (χ1n) is 0.463. The van der Waals surface area contributed by atoms with Crippen LogP contribution in [0, 0.1) is 0 Å². The molecule has 0 amide bonds. The first kappa shape index (κ1) is 10.2. The summed E-state index contributed by atoms with van der Waals surface area (Å²) in [6, 6.07) is 0. The van der Waals surface area contributed by atoms with Crippen LogP contribution >= 0.6 is 0 Å². The Labute approximate surface area is 78.0 Å². The van der Waals surface area contributed by atoms with Crippen LogP contribution in [0.2, 0.25) is 0 Å². The number of rotatable bonds is 0. The van der Waals surface area contributed by atoms with Gasteiger partial charge in [-0.2, -0.15) is 0 Å². The van der Waals surface area contributed by atoms with Crippen LogP contribution in [0.3, 0.4) is 0 Å². The van der Waals surface area contributed by atoms with Crippen molar-refractivity contribution < 1.29 is 28.4 Å². The van der Waals surface area contributed by atoms with E-state index in [1.54, 1.807) is 0 Å². The summed E-state index contributed by atoms with van der Waals surface area (Å²) in [5, 5.41) is 0. The van der Waals surface area contributed by atoms with E-state index >= 15 is 0 Å². The second-order valence-electron chi connectivity index (χ2n) is 0.175. The van der Waals surface area contributed by atoms with Crippen molar-refractivity contribution in [1.29, 1.82) is 0 Å². The van der Waals surface area contributed by atoms with Gasteiger partial charge in [-0.1, -0.05) is 0 Å². The summed E-state index contributed by atoms with van der Waals surface area (Å²) >= 11 is -5.03. The summed E-state index contributed by atoms with van der Waals surface area (Å²) in [6.07, 6.45) is 0. The smallest absolute Gasteiger partial charge is 0 e. The van der Waals surface area contributed by atoms with Gasteiger partial charge in [0.1, 0.15) is 0 Å². The number of hydrogen-bond donors (Lipinski definition) is 0. The molecule has 0 aliphatic heterocycles. The van der Waals surface area contributed by atoms with E-state index in [1.807, 2.05) is 0 Å². The molecule has 0 rings (SSSR count). The molecule has 0 saturated carbocycles. The molecule has 0 spiro atoms. The van der Waals surface area contributed by atoms with E-state index in [4.69, 9.17) is 0 Å². The fraction of sp³-hybridized carbons (Fsp3) is 0. The first-order chi connectivity index (χ1) is 1.73. The maximum absolute atomic E-state index is 9.86. The zero-order chi connectivity index (χ0) is 3.58. The number of hydrogen-bond acceptors (Lipinski definition) is 0. The normalized spacial score (nSPS) is 7.20. The molecule has 0 saturated heterocycles. The summed E-state index contributed by atoms with van der Waals surface area (Å²) in [4.78, 5) is 0. The Morgan fingerprint density at radius 1 is 1.00 bits per heavy atom. The SMILES string of the molecule is [F][W]([F])[F].[K]. The monoisotopic (exact) mass is 280 g/mol. The topological polar surface area (TPSA) is 0 Å². The largest absolute Gasteiger partial charge is 0 e. The van der Waals surface area contributed by atoms with Gasteiger partial charge in [0, 0.05) is 51.4 Å². The van der Waals surface area contributed by atoms with Crippen LogP contribution in [0.25, 0.3) is 0 Å². The van der Waals surface area contributed by atoms with Gasteiger partial charge in [-0.3, -0.25) is 0 Å². The minimum Gasteiger partial charge on any atom is 0 e. The van der Waals surface area contributed by atoms with Gasteiger partial charge >= 0.3 is 28.4 Å². The van der Waals surface area contributed by atoms with Crippen LogP contribution in [0.1, 0.15) is 0 Å². The first-order valence-corrected chi connectivity index (χ1v) is 3.79. The van der Waals surface area contributed by atoms with Crippen LogP contribution in [0.5, 0.6) is 0 Å². The van der Waals surface area contributed by atoms with E-state index < -0.39 is 18.9 Å². The van der Waals surface area contributed by atoms with Gasteiger partial charge in [-0.15, -0.1) is 0 Å². The predicted molar refractivity (Wildman–Crippen MR) is 9.08 cm³/mol. The molecule has 0 N–H and O–H groups in total. The van der Waals surface area contributed by atoms with Crippen molar-refractivity contribution in [2.75, 3.05) is 0 Å². The van der Waals surface area contributed by atoms with Gasteiger partial charge in [-0.25, -0.2) is 0 Å². The summed E-state index contributed by atoms with van der Waals surface area (Å²) < 4.78 is 29.6. The zero-order valence-electron chi connectivity index (χ0n) is 2.54. The molecule has 0 atom stereocenters. The molecule has 0 aliphatic carbocycles. The zero-order valence-corrected chi connectivity index (χ0v) is 8.60. The maximum atomic E-state index is 9.86. The van der Waals surface area contributed by atoms with E-state index in [0.717, 1.165) is 0 Å².